The molecular weight excluding hydrogens is 816 g/mol. The Morgan fingerprint density at radius 3 is 1.22 bits per heavy atom. The van der Waals surface area contributed by atoms with Gasteiger partial charge in [0, 0.05) is 5.33 Å². The van der Waals surface area contributed by atoms with Gasteiger partial charge in [-0.3, -0.25) is 0 Å². The van der Waals surface area contributed by atoms with E-state index in [0.29, 0.717) is 49.0 Å². The van der Waals surface area contributed by atoms with Crippen molar-refractivity contribution in [3.63, 3.8) is 0 Å². The predicted molar refractivity (Wildman–Crippen MR) is 240 cm³/mol. The van der Waals surface area contributed by atoms with Gasteiger partial charge in [-0.2, -0.15) is 5.26 Å². The topological polar surface area (TPSA) is 112 Å². The minimum Gasteiger partial charge on any atom is -0.494 e. The number of halogens is 2. The minimum atomic E-state index is 0. The van der Waals surface area contributed by atoms with Crippen LogP contribution in [0.25, 0.3) is 14.5 Å². The zero-order valence-corrected chi connectivity index (χ0v) is 35.7. The highest BCUT2D eigenvalue weighted by atomic mass is 79.9. The fourth-order valence-corrected chi connectivity index (χ4v) is 5.29. The van der Waals surface area contributed by atoms with Crippen LogP contribution in [0, 0.1) is 31.0 Å². The molecule has 10 nitrogen and oxygen atoms in total. The van der Waals surface area contributed by atoms with Crippen LogP contribution in [0.15, 0.2) is 97.1 Å². The molecule has 0 aliphatic heterocycles. The van der Waals surface area contributed by atoms with Gasteiger partial charge in [-0.25, -0.2) is 14.5 Å². The van der Waals surface area contributed by atoms with Crippen molar-refractivity contribution in [1.82, 2.24) is 5.32 Å². The molecule has 0 amide bonds. The monoisotopic (exact) mass is 870 g/mol. The number of unbranched alkanes of at least 4 members (excludes halogenated alkanes) is 6. The first-order chi connectivity index (χ1) is 28.0. The molecule has 0 heterocycles. The van der Waals surface area contributed by atoms with Crippen LogP contribution in [0.4, 0.5) is 17.1 Å². The van der Waals surface area contributed by atoms with Crippen LogP contribution in [0.5, 0.6) is 23.0 Å². The SMILES string of the molecule is Cl.[C-]#[N+]c1ccc(OCCCCCCBr)cc1.[C-]#[N+]c1ccc(OCCCN)cc1.[C-]#[N+]c1ccc(OCCCNCCCCCCOc2ccc(C#N)cc2)cc1. The Kier molecular flexibility index (Phi) is 30.6. The Bertz CT molecular complexity index is 1720. The molecule has 12 heteroatoms. The number of nitrogens with zero attached hydrogens (tertiary/aromatic N) is 4. The van der Waals surface area contributed by atoms with Gasteiger partial charge in [0.05, 0.1) is 57.8 Å². The molecule has 0 bridgehead atoms. The van der Waals surface area contributed by atoms with Crippen molar-refractivity contribution in [2.75, 3.05) is 51.4 Å². The van der Waals surface area contributed by atoms with E-state index in [1.54, 1.807) is 60.7 Å². The Balaban J connectivity index is 0.000000475. The Labute approximate surface area is 360 Å². The van der Waals surface area contributed by atoms with Crippen molar-refractivity contribution in [2.24, 2.45) is 5.73 Å². The van der Waals surface area contributed by atoms with E-state index in [1.807, 2.05) is 36.4 Å². The number of alkyl halides is 1. The molecule has 4 rings (SSSR count). The molecule has 0 spiro atoms. The highest BCUT2D eigenvalue weighted by Gasteiger charge is 1.99. The van der Waals surface area contributed by atoms with Gasteiger partial charge in [0.15, 0.2) is 17.1 Å². The normalized spacial score (nSPS) is 9.62. The maximum absolute atomic E-state index is 8.76. The van der Waals surface area contributed by atoms with Gasteiger partial charge in [0.25, 0.3) is 0 Å². The quantitative estimate of drug-likeness (QED) is 0.0410. The lowest BCUT2D eigenvalue weighted by atomic mass is 10.2. The van der Waals surface area contributed by atoms with Crippen molar-refractivity contribution in [3.05, 3.63) is 137 Å². The molecular formula is C46H56BrClN6O4. The predicted octanol–water partition coefficient (Wildman–Crippen LogP) is 12.1. The van der Waals surface area contributed by atoms with E-state index >= 15 is 0 Å². The second-order valence-electron chi connectivity index (χ2n) is 12.6. The van der Waals surface area contributed by atoms with Crippen LogP contribution in [0.1, 0.15) is 69.8 Å². The summed E-state index contributed by atoms with van der Waals surface area (Å²) in [5.41, 5.74) is 7.89. The van der Waals surface area contributed by atoms with Gasteiger partial charge in [-0.05, 0) is 119 Å². The molecule has 4 aromatic rings. The zero-order valence-electron chi connectivity index (χ0n) is 33.3. The molecule has 0 aliphatic carbocycles. The summed E-state index contributed by atoms with van der Waals surface area (Å²) in [5.74, 6) is 3.29. The van der Waals surface area contributed by atoms with Gasteiger partial charge < -0.3 is 30.0 Å². The van der Waals surface area contributed by atoms with Gasteiger partial charge in [0.2, 0.25) is 0 Å². The summed E-state index contributed by atoms with van der Waals surface area (Å²) < 4.78 is 22.3. The summed E-state index contributed by atoms with van der Waals surface area (Å²) in [6.45, 7) is 25.9. The smallest absolute Gasteiger partial charge is 0.187 e. The number of benzene rings is 4. The number of rotatable bonds is 24. The van der Waals surface area contributed by atoms with Crippen LogP contribution < -0.4 is 30.0 Å². The van der Waals surface area contributed by atoms with E-state index in [-0.39, 0.29) is 12.4 Å². The van der Waals surface area contributed by atoms with Gasteiger partial charge in [-0.15, -0.1) is 12.4 Å². The molecule has 0 saturated carbocycles. The fourth-order valence-electron chi connectivity index (χ4n) is 4.90. The summed E-state index contributed by atoms with van der Waals surface area (Å²) >= 11 is 3.41. The lowest BCUT2D eigenvalue weighted by molar-refractivity contribution is 0.303. The average Bonchev–Trinajstić information content (AvgIpc) is 3.26. The molecule has 0 atom stereocenters. The molecule has 0 aliphatic rings. The molecule has 3 N–H and O–H groups in total. The molecule has 0 unspecified atom stereocenters. The number of hydrogen-bond donors (Lipinski definition) is 2. The van der Waals surface area contributed by atoms with E-state index < -0.39 is 0 Å². The second kappa shape index (κ2) is 34.9. The fraction of sp³-hybridized carbons (Fsp3) is 0.391. The number of nitrogens with one attached hydrogen (secondary N) is 1. The molecule has 4 aromatic carbocycles. The van der Waals surface area contributed by atoms with Crippen LogP contribution >= 0.6 is 28.3 Å². The number of ether oxygens (including phenoxy) is 4. The van der Waals surface area contributed by atoms with Gasteiger partial charge in [0.1, 0.15) is 23.0 Å². The number of nitrogens with two attached hydrogens (primary N) is 1. The third-order valence-corrected chi connectivity index (χ3v) is 8.64. The number of hydrogen-bond acceptors (Lipinski definition) is 7. The Hall–Kier alpha value is -5.27. The summed E-state index contributed by atoms with van der Waals surface area (Å²) in [5, 5.41) is 13.3. The van der Waals surface area contributed by atoms with E-state index in [0.717, 1.165) is 86.5 Å². The Morgan fingerprint density at radius 1 is 0.500 bits per heavy atom. The van der Waals surface area contributed by atoms with Gasteiger partial charge >= 0.3 is 0 Å². The largest absolute Gasteiger partial charge is 0.494 e. The van der Waals surface area contributed by atoms with Crippen molar-refractivity contribution in [2.45, 2.75) is 64.2 Å². The van der Waals surface area contributed by atoms with Crippen LogP contribution in [-0.2, 0) is 0 Å². The molecule has 0 saturated heterocycles. The first kappa shape index (κ1) is 50.7. The first-order valence-electron chi connectivity index (χ1n) is 19.5. The summed E-state index contributed by atoms with van der Waals surface area (Å²) in [6, 6.07) is 30.9. The van der Waals surface area contributed by atoms with Crippen molar-refractivity contribution >= 4 is 45.4 Å². The Morgan fingerprint density at radius 2 is 0.845 bits per heavy atom. The molecule has 0 aromatic heterocycles. The van der Waals surface area contributed by atoms with Crippen LogP contribution in [0.2, 0.25) is 0 Å². The van der Waals surface area contributed by atoms with Crippen molar-refractivity contribution < 1.29 is 18.9 Å². The highest BCUT2D eigenvalue weighted by molar-refractivity contribution is 9.09. The summed E-state index contributed by atoms with van der Waals surface area (Å²) in [6.07, 6.45) is 11.2. The van der Waals surface area contributed by atoms with E-state index in [9.17, 15) is 0 Å². The molecule has 308 valence electrons. The molecule has 0 fully saturated rings. The molecule has 58 heavy (non-hydrogen) atoms. The number of nitriles is 1. The third kappa shape index (κ3) is 25.1. The van der Waals surface area contributed by atoms with Gasteiger partial charge in [-0.1, -0.05) is 78.0 Å². The highest BCUT2D eigenvalue weighted by Crippen LogP contribution is 2.20. The standard InChI is InChI=1S/C23H27N3O2.C13H16BrNO.C10H12N2O.ClH/c1-25-21-9-13-23(14-10-21)28-18-6-16-26-15-4-2-3-5-17-27-22-11-7-20(19-24)8-12-22;1-15-12-6-8-13(9-7-12)16-11-5-3-2-4-10-14;1-12-9-3-5-10(6-4-9)13-8-2-7-11;/h7-14,26H,2-6,15-18H2;6-9H,2-5,10-11H2;3-6H,2,7-8,11H2;1H. The second-order valence-corrected chi connectivity index (χ2v) is 13.4. The van der Waals surface area contributed by atoms with E-state index in [1.165, 1.54) is 25.7 Å². The molecule has 0 radical (unpaired) electrons. The van der Waals surface area contributed by atoms with E-state index in [2.05, 4.69) is 41.9 Å². The third-order valence-electron chi connectivity index (χ3n) is 8.08. The van der Waals surface area contributed by atoms with Crippen LogP contribution in [-0.4, -0.2) is 51.4 Å². The minimum absolute atomic E-state index is 0. The summed E-state index contributed by atoms with van der Waals surface area (Å²) in [4.78, 5) is 9.98. The lowest BCUT2D eigenvalue weighted by Gasteiger charge is -2.08. The summed E-state index contributed by atoms with van der Waals surface area (Å²) in [7, 11) is 0. The van der Waals surface area contributed by atoms with Crippen molar-refractivity contribution in [1.29, 1.82) is 5.26 Å². The maximum atomic E-state index is 8.76. The van der Waals surface area contributed by atoms with Crippen LogP contribution in [0.3, 0.4) is 0 Å². The maximum Gasteiger partial charge on any atom is 0.187 e. The zero-order chi connectivity index (χ0) is 41.0. The first-order valence-corrected chi connectivity index (χ1v) is 20.6. The van der Waals surface area contributed by atoms with E-state index in [4.69, 9.17) is 49.7 Å². The average molecular weight is 872 g/mol. The lowest BCUT2D eigenvalue weighted by Crippen LogP contribution is -2.18. The van der Waals surface area contributed by atoms with Crippen molar-refractivity contribution in [3.8, 4) is 29.1 Å².